The number of piperidine rings is 1. The molecule has 0 atom stereocenters. The van der Waals surface area contributed by atoms with Crippen LogP contribution in [0.5, 0.6) is 5.75 Å². The van der Waals surface area contributed by atoms with Crippen LogP contribution >= 0.6 is 0 Å². The van der Waals surface area contributed by atoms with E-state index < -0.39 is 17.6 Å². The van der Waals surface area contributed by atoms with E-state index in [1.54, 1.807) is 24.3 Å². The Hall–Kier alpha value is -3.90. The standard InChI is InChI=1S/C27H27F3N4O2/c1-34-14-11-22(12-15-34)36-24-10-9-21(17-23(24)27(28,29)30)33-26(35)20-5-2-4-18(16-20)7-8-19-6-3-13-32-25(19)31/h2-6,9-10,16-17,22,32H,11-15,31H2,1H3,(H,33,35). The third-order valence-electron chi connectivity index (χ3n) is 5.95. The fourth-order valence-electron chi connectivity index (χ4n) is 3.93. The maximum atomic E-state index is 13.8. The summed E-state index contributed by atoms with van der Waals surface area (Å²) in [6, 6.07) is 10.1. The quantitative estimate of drug-likeness (QED) is 0.556. The second-order valence-electron chi connectivity index (χ2n) is 8.72. The molecule has 2 heterocycles. The van der Waals surface area contributed by atoms with Gasteiger partial charge in [0, 0.05) is 36.4 Å². The topological polar surface area (TPSA) is 79.6 Å². The third-order valence-corrected chi connectivity index (χ3v) is 5.95. The van der Waals surface area contributed by atoms with E-state index >= 15 is 0 Å². The van der Waals surface area contributed by atoms with Crippen LogP contribution in [0.3, 0.4) is 0 Å². The van der Waals surface area contributed by atoms with Crippen molar-refractivity contribution in [3.63, 3.8) is 0 Å². The van der Waals surface area contributed by atoms with Crippen molar-refractivity contribution >= 4 is 11.6 Å². The van der Waals surface area contributed by atoms with Crippen LogP contribution in [0.25, 0.3) is 0 Å². The van der Waals surface area contributed by atoms with Crippen LogP contribution < -0.4 is 21.1 Å². The van der Waals surface area contributed by atoms with Crippen molar-refractivity contribution in [3.05, 3.63) is 82.7 Å². The molecule has 2 aromatic rings. The maximum Gasteiger partial charge on any atom is 0.420 e. The van der Waals surface area contributed by atoms with E-state index in [2.05, 4.69) is 27.4 Å². The molecule has 2 aliphatic heterocycles. The van der Waals surface area contributed by atoms with Crippen molar-refractivity contribution in [3.8, 4) is 17.6 Å². The number of carbonyl (C=O) groups excluding carboxylic acids is 1. The minimum Gasteiger partial charge on any atom is -0.490 e. The molecule has 0 aromatic heterocycles. The average molecular weight is 497 g/mol. The van der Waals surface area contributed by atoms with Crippen molar-refractivity contribution in [2.75, 3.05) is 32.0 Å². The Kier molecular flexibility index (Phi) is 7.55. The Bertz CT molecular complexity index is 1250. The smallest absolute Gasteiger partial charge is 0.420 e. The van der Waals surface area contributed by atoms with Crippen LogP contribution in [0.1, 0.15) is 34.3 Å². The van der Waals surface area contributed by atoms with Gasteiger partial charge in [0.1, 0.15) is 17.7 Å². The van der Waals surface area contributed by atoms with Gasteiger partial charge in [0.05, 0.1) is 11.1 Å². The predicted molar refractivity (Wildman–Crippen MR) is 132 cm³/mol. The van der Waals surface area contributed by atoms with Crippen LogP contribution in [-0.2, 0) is 6.18 Å². The molecule has 1 saturated heterocycles. The highest BCUT2D eigenvalue weighted by Crippen LogP contribution is 2.39. The van der Waals surface area contributed by atoms with Crippen LogP contribution in [0.4, 0.5) is 18.9 Å². The lowest BCUT2D eigenvalue weighted by Gasteiger charge is -2.30. The zero-order valence-electron chi connectivity index (χ0n) is 19.8. The molecule has 0 saturated carbocycles. The van der Waals surface area contributed by atoms with Crippen molar-refractivity contribution in [1.82, 2.24) is 10.2 Å². The molecule has 4 rings (SSSR count). The number of hydrogen-bond acceptors (Lipinski definition) is 5. The number of nitrogens with two attached hydrogens (primary N) is 1. The molecule has 0 bridgehead atoms. The van der Waals surface area contributed by atoms with Crippen LogP contribution in [0.2, 0.25) is 0 Å². The largest absolute Gasteiger partial charge is 0.490 e. The van der Waals surface area contributed by atoms with Crippen LogP contribution in [-0.4, -0.2) is 43.6 Å². The van der Waals surface area contributed by atoms with Gasteiger partial charge in [-0.1, -0.05) is 24.0 Å². The van der Waals surface area contributed by atoms with E-state index in [0.717, 1.165) is 19.2 Å². The number of dihydropyridines is 1. The number of anilines is 1. The number of ether oxygens (including phenoxy) is 1. The summed E-state index contributed by atoms with van der Waals surface area (Å²) in [5.41, 5.74) is 6.46. The number of nitrogens with zero attached hydrogens (tertiary/aromatic N) is 1. The summed E-state index contributed by atoms with van der Waals surface area (Å²) >= 11 is 0. The lowest BCUT2D eigenvalue weighted by Crippen LogP contribution is -2.36. The first-order valence-corrected chi connectivity index (χ1v) is 11.6. The number of allylic oxidation sites excluding steroid dienone is 2. The highest BCUT2D eigenvalue weighted by molar-refractivity contribution is 6.04. The Labute approximate surface area is 208 Å². The number of amides is 1. The number of hydrogen-bond donors (Lipinski definition) is 3. The zero-order chi connectivity index (χ0) is 25.7. The Balaban J connectivity index is 1.49. The van der Waals surface area contributed by atoms with E-state index in [0.29, 0.717) is 36.3 Å². The van der Waals surface area contributed by atoms with Gasteiger partial charge in [-0.15, -0.1) is 0 Å². The monoisotopic (exact) mass is 496 g/mol. The first-order valence-electron chi connectivity index (χ1n) is 11.6. The van der Waals surface area contributed by atoms with E-state index in [4.69, 9.17) is 10.5 Å². The van der Waals surface area contributed by atoms with Crippen molar-refractivity contribution in [1.29, 1.82) is 0 Å². The van der Waals surface area contributed by atoms with Crippen LogP contribution in [0, 0.1) is 11.8 Å². The van der Waals surface area contributed by atoms with E-state index in [-0.39, 0.29) is 23.1 Å². The lowest BCUT2D eigenvalue weighted by molar-refractivity contribution is -0.139. The minimum absolute atomic E-state index is 0.0240. The molecule has 0 aliphatic carbocycles. The average Bonchev–Trinajstić information content (AvgIpc) is 2.85. The molecule has 4 N–H and O–H groups in total. The zero-order valence-corrected chi connectivity index (χ0v) is 19.8. The Morgan fingerprint density at radius 3 is 2.67 bits per heavy atom. The van der Waals surface area contributed by atoms with Gasteiger partial charge in [-0.25, -0.2) is 0 Å². The summed E-state index contributed by atoms with van der Waals surface area (Å²) < 4.78 is 47.1. The summed E-state index contributed by atoms with van der Waals surface area (Å²) in [5.74, 6) is 5.60. The normalized spacial score (nSPS) is 16.7. The Morgan fingerprint density at radius 2 is 1.94 bits per heavy atom. The first-order chi connectivity index (χ1) is 17.2. The van der Waals surface area contributed by atoms with Crippen molar-refractivity contribution in [2.45, 2.75) is 25.1 Å². The van der Waals surface area contributed by atoms with Gasteiger partial charge in [-0.2, -0.15) is 13.2 Å². The van der Waals surface area contributed by atoms with Crippen molar-refractivity contribution < 1.29 is 22.7 Å². The van der Waals surface area contributed by atoms with Gasteiger partial charge < -0.3 is 26.0 Å². The second-order valence-corrected chi connectivity index (χ2v) is 8.72. The van der Waals surface area contributed by atoms with Crippen LogP contribution in [0.15, 0.2) is 66.0 Å². The fraction of sp³-hybridized carbons (Fsp3) is 0.296. The summed E-state index contributed by atoms with van der Waals surface area (Å²) in [7, 11) is 1.97. The molecule has 0 radical (unpaired) electrons. The van der Waals surface area contributed by atoms with E-state index in [1.165, 1.54) is 12.1 Å². The van der Waals surface area contributed by atoms with Crippen molar-refractivity contribution in [2.24, 2.45) is 5.73 Å². The molecule has 188 valence electrons. The van der Waals surface area contributed by atoms with E-state index in [9.17, 15) is 18.0 Å². The van der Waals surface area contributed by atoms with Gasteiger partial charge in [-0.05, 0) is 62.4 Å². The van der Waals surface area contributed by atoms with E-state index in [1.807, 2.05) is 19.2 Å². The molecular formula is C27H27F3N4O2. The number of benzene rings is 2. The maximum absolute atomic E-state index is 13.8. The highest BCUT2D eigenvalue weighted by Gasteiger charge is 2.35. The van der Waals surface area contributed by atoms with Gasteiger partial charge >= 0.3 is 6.18 Å². The summed E-state index contributed by atoms with van der Waals surface area (Å²) in [4.78, 5) is 14.9. The fourth-order valence-corrected chi connectivity index (χ4v) is 3.93. The molecule has 1 fully saturated rings. The molecular weight excluding hydrogens is 469 g/mol. The highest BCUT2D eigenvalue weighted by atomic mass is 19.4. The molecule has 9 heteroatoms. The minimum atomic E-state index is -4.63. The first kappa shape index (κ1) is 25.2. The number of halogens is 3. The van der Waals surface area contributed by atoms with Gasteiger partial charge in [0.25, 0.3) is 5.91 Å². The summed E-state index contributed by atoms with van der Waals surface area (Å²) in [6.45, 7) is 2.17. The molecule has 2 aliphatic rings. The number of carbonyl (C=O) groups is 1. The Morgan fingerprint density at radius 1 is 1.17 bits per heavy atom. The number of rotatable bonds is 4. The van der Waals surface area contributed by atoms with Gasteiger partial charge in [0.2, 0.25) is 0 Å². The molecule has 2 aromatic carbocycles. The van der Waals surface area contributed by atoms with Gasteiger partial charge in [-0.3, -0.25) is 4.79 Å². The predicted octanol–water partition coefficient (Wildman–Crippen LogP) is 4.11. The number of likely N-dealkylation sites (tertiary alicyclic amines) is 1. The molecule has 1 amide bonds. The summed E-state index contributed by atoms with van der Waals surface area (Å²) in [6.07, 6.45) is 0.107. The molecule has 0 spiro atoms. The van der Waals surface area contributed by atoms with Gasteiger partial charge in [0.15, 0.2) is 0 Å². The molecule has 36 heavy (non-hydrogen) atoms. The molecule has 0 unspecified atom stereocenters. The lowest BCUT2D eigenvalue weighted by atomic mass is 10.1. The second kappa shape index (κ2) is 10.8. The third kappa shape index (κ3) is 6.40. The number of alkyl halides is 3. The number of nitrogens with one attached hydrogen (secondary N) is 2. The molecule has 6 nitrogen and oxygen atoms in total. The SMILES string of the molecule is CN1CCC(Oc2ccc(NC(=O)c3cccc(C#CC4=C(N)NCC=C4)c3)cc2C(F)(F)F)CC1. The summed E-state index contributed by atoms with van der Waals surface area (Å²) in [5, 5.41) is 5.53.